The number of rotatable bonds is 8. The van der Waals surface area contributed by atoms with Crippen molar-refractivity contribution in [3.8, 4) is 17.6 Å². The van der Waals surface area contributed by atoms with Gasteiger partial charge in [-0.2, -0.15) is 5.26 Å². The molecule has 0 radical (unpaired) electrons. The highest BCUT2D eigenvalue weighted by Crippen LogP contribution is 2.28. The molecule has 0 heterocycles. The summed E-state index contributed by atoms with van der Waals surface area (Å²) in [6.45, 7) is 6.71. The Balaban J connectivity index is 2.76. The van der Waals surface area contributed by atoms with Gasteiger partial charge in [0.15, 0.2) is 11.5 Å². The van der Waals surface area contributed by atoms with Crippen LogP contribution in [0.3, 0.4) is 0 Å². The summed E-state index contributed by atoms with van der Waals surface area (Å²) in [7, 11) is 0. The van der Waals surface area contributed by atoms with Gasteiger partial charge in [0.25, 0.3) is 0 Å². The van der Waals surface area contributed by atoms with Gasteiger partial charge in [-0.3, -0.25) is 4.79 Å². The van der Waals surface area contributed by atoms with Crippen LogP contribution in [0, 0.1) is 11.3 Å². The maximum absolute atomic E-state index is 11.7. The predicted octanol–water partition coefficient (Wildman–Crippen LogP) is 2.92. The largest absolute Gasteiger partial charge is 0.490 e. The minimum absolute atomic E-state index is 0.165. The Bertz CT molecular complexity index is 562. The smallest absolute Gasteiger partial charge is 0.244 e. The van der Waals surface area contributed by atoms with Crippen molar-refractivity contribution < 1.29 is 14.3 Å². The lowest BCUT2D eigenvalue weighted by Crippen LogP contribution is -2.30. The highest BCUT2D eigenvalue weighted by atomic mass is 16.5. The molecule has 5 heteroatoms. The topological polar surface area (TPSA) is 71.3 Å². The second-order valence-corrected chi connectivity index (χ2v) is 4.68. The number of ether oxygens (including phenoxy) is 2. The molecule has 0 spiro atoms. The van der Waals surface area contributed by atoms with Gasteiger partial charge >= 0.3 is 0 Å². The number of nitrogens with zero attached hydrogens (tertiary/aromatic N) is 1. The molecular formula is C17H22N2O3. The first kappa shape index (κ1) is 17.6. The Hall–Kier alpha value is -2.48. The molecule has 1 aromatic carbocycles. The number of amides is 1. The van der Waals surface area contributed by atoms with E-state index in [0.717, 1.165) is 5.56 Å². The summed E-state index contributed by atoms with van der Waals surface area (Å²) in [4.78, 5) is 11.7. The number of carbonyl (C=O) groups excluding carboxylic acids is 1. The van der Waals surface area contributed by atoms with Gasteiger partial charge in [-0.25, -0.2) is 0 Å². The van der Waals surface area contributed by atoms with Crippen molar-refractivity contribution in [1.82, 2.24) is 5.32 Å². The molecule has 1 amide bonds. The second kappa shape index (κ2) is 9.46. The van der Waals surface area contributed by atoms with E-state index in [0.29, 0.717) is 24.7 Å². The van der Waals surface area contributed by atoms with Crippen molar-refractivity contribution in [2.45, 2.75) is 33.2 Å². The molecule has 1 rings (SSSR count). The van der Waals surface area contributed by atoms with Gasteiger partial charge in [-0.15, -0.1) is 0 Å². The third kappa shape index (κ3) is 5.88. The van der Waals surface area contributed by atoms with E-state index in [1.54, 1.807) is 13.0 Å². The number of nitriles is 1. The number of benzene rings is 1. The fraction of sp³-hybridized carbons (Fsp3) is 0.412. The molecule has 1 atom stereocenters. The molecule has 5 nitrogen and oxygen atoms in total. The van der Waals surface area contributed by atoms with E-state index in [1.807, 2.05) is 38.1 Å². The van der Waals surface area contributed by atoms with Crippen LogP contribution in [0.15, 0.2) is 24.3 Å². The van der Waals surface area contributed by atoms with Crippen LogP contribution in [0.5, 0.6) is 11.5 Å². The third-order valence-electron chi connectivity index (χ3n) is 2.78. The van der Waals surface area contributed by atoms with E-state index in [-0.39, 0.29) is 18.4 Å². The molecule has 1 N–H and O–H groups in total. The summed E-state index contributed by atoms with van der Waals surface area (Å²) in [5.41, 5.74) is 0.843. The van der Waals surface area contributed by atoms with Crippen LogP contribution in [-0.2, 0) is 4.79 Å². The first-order valence-electron chi connectivity index (χ1n) is 7.35. The molecule has 22 heavy (non-hydrogen) atoms. The third-order valence-corrected chi connectivity index (χ3v) is 2.78. The summed E-state index contributed by atoms with van der Waals surface area (Å²) in [5.74, 6) is 1.12. The average molecular weight is 302 g/mol. The van der Waals surface area contributed by atoms with Crippen molar-refractivity contribution in [3.05, 3.63) is 29.8 Å². The maximum atomic E-state index is 11.7. The van der Waals surface area contributed by atoms with Crippen LogP contribution in [-0.4, -0.2) is 25.2 Å². The molecule has 0 unspecified atom stereocenters. The van der Waals surface area contributed by atoms with E-state index in [9.17, 15) is 4.79 Å². The number of hydrogen-bond acceptors (Lipinski definition) is 4. The lowest BCUT2D eigenvalue weighted by atomic mass is 10.2. The van der Waals surface area contributed by atoms with Gasteiger partial charge in [-0.05, 0) is 44.5 Å². The van der Waals surface area contributed by atoms with Crippen LogP contribution in [0.25, 0.3) is 6.08 Å². The van der Waals surface area contributed by atoms with Crippen LogP contribution in [0.1, 0.15) is 32.8 Å². The minimum Gasteiger partial charge on any atom is -0.490 e. The monoisotopic (exact) mass is 302 g/mol. The fourth-order valence-corrected chi connectivity index (χ4v) is 1.82. The van der Waals surface area contributed by atoms with Crippen LogP contribution in [0.4, 0.5) is 0 Å². The zero-order valence-corrected chi connectivity index (χ0v) is 13.3. The average Bonchev–Trinajstić information content (AvgIpc) is 2.48. The van der Waals surface area contributed by atoms with E-state index < -0.39 is 0 Å². The van der Waals surface area contributed by atoms with Crippen molar-refractivity contribution in [2.24, 2.45) is 0 Å². The number of carbonyl (C=O) groups is 1. The highest BCUT2D eigenvalue weighted by molar-refractivity contribution is 5.92. The Labute approximate surface area is 131 Å². The highest BCUT2D eigenvalue weighted by Gasteiger charge is 2.06. The van der Waals surface area contributed by atoms with Crippen molar-refractivity contribution in [1.29, 1.82) is 5.26 Å². The Kier molecular flexibility index (Phi) is 7.55. The fourth-order valence-electron chi connectivity index (χ4n) is 1.82. The molecule has 0 aliphatic carbocycles. The molecule has 0 saturated carbocycles. The van der Waals surface area contributed by atoms with Crippen molar-refractivity contribution in [2.75, 3.05) is 13.2 Å². The van der Waals surface area contributed by atoms with Crippen molar-refractivity contribution >= 4 is 12.0 Å². The van der Waals surface area contributed by atoms with Gasteiger partial charge in [0.1, 0.15) is 0 Å². The lowest BCUT2D eigenvalue weighted by Gasteiger charge is -2.11. The summed E-state index contributed by atoms with van der Waals surface area (Å²) in [6.07, 6.45) is 3.43. The van der Waals surface area contributed by atoms with Crippen LogP contribution >= 0.6 is 0 Å². The normalized spacial score (nSPS) is 11.7. The molecule has 118 valence electrons. The van der Waals surface area contributed by atoms with E-state index in [1.165, 1.54) is 6.08 Å². The first-order chi connectivity index (χ1) is 10.6. The SMILES string of the molecule is CCOc1ccc(/C=C\C(=O)N[C@H](C)CC#N)cc1OCC. The molecule has 0 saturated heterocycles. The molecule has 0 fully saturated rings. The Morgan fingerprint density at radius 1 is 1.32 bits per heavy atom. The summed E-state index contributed by atoms with van der Waals surface area (Å²) in [5, 5.41) is 11.3. The van der Waals surface area contributed by atoms with Gasteiger partial charge in [0, 0.05) is 12.1 Å². The predicted molar refractivity (Wildman–Crippen MR) is 85.6 cm³/mol. The summed E-state index contributed by atoms with van der Waals surface area (Å²) in [6, 6.07) is 7.36. The minimum atomic E-state index is -0.227. The quantitative estimate of drug-likeness (QED) is 0.749. The Morgan fingerprint density at radius 3 is 2.64 bits per heavy atom. The van der Waals surface area contributed by atoms with Gasteiger partial charge < -0.3 is 14.8 Å². The molecule has 0 aliphatic heterocycles. The maximum Gasteiger partial charge on any atom is 0.244 e. The summed E-state index contributed by atoms with van der Waals surface area (Å²) >= 11 is 0. The lowest BCUT2D eigenvalue weighted by molar-refractivity contribution is -0.116. The number of hydrogen-bond donors (Lipinski definition) is 1. The first-order valence-corrected chi connectivity index (χ1v) is 7.35. The van der Waals surface area contributed by atoms with Gasteiger partial charge in [0.2, 0.25) is 5.91 Å². The van der Waals surface area contributed by atoms with Crippen LogP contribution in [0.2, 0.25) is 0 Å². The van der Waals surface area contributed by atoms with E-state index in [2.05, 4.69) is 5.32 Å². The van der Waals surface area contributed by atoms with Gasteiger partial charge in [0.05, 0.1) is 25.7 Å². The molecule has 0 bridgehead atoms. The zero-order valence-electron chi connectivity index (χ0n) is 13.3. The van der Waals surface area contributed by atoms with Gasteiger partial charge in [-0.1, -0.05) is 6.07 Å². The Morgan fingerprint density at radius 2 is 2.00 bits per heavy atom. The summed E-state index contributed by atoms with van der Waals surface area (Å²) < 4.78 is 11.0. The standard InChI is InChI=1S/C17H22N2O3/c1-4-21-15-8-6-14(12-16(15)22-5-2)7-9-17(20)19-13(3)10-11-18/h6-9,12-13H,4-5,10H2,1-3H3,(H,19,20)/b9-7-/t13-/m1/s1. The van der Waals surface area contributed by atoms with E-state index >= 15 is 0 Å². The van der Waals surface area contributed by atoms with Crippen molar-refractivity contribution in [3.63, 3.8) is 0 Å². The molecule has 1 aromatic rings. The van der Waals surface area contributed by atoms with Crippen LogP contribution < -0.4 is 14.8 Å². The number of nitrogens with one attached hydrogen (secondary N) is 1. The van der Waals surface area contributed by atoms with E-state index in [4.69, 9.17) is 14.7 Å². The zero-order chi connectivity index (χ0) is 16.4. The molecular weight excluding hydrogens is 280 g/mol. The molecule has 0 aliphatic rings. The second-order valence-electron chi connectivity index (χ2n) is 4.68. The molecule has 0 aromatic heterocycles.